The van der Waals surface area contributed by atoms with E-state index in [0.29, 0.717) is 6.54 Å². The van der Waals surface area contributed by atoms with Crippen LogP contribution in [0.1, 0.15) is 5.56 Å². The van der Waals surface area contributed by atoms with Gasteiger partial charge in [0.15, 0.2) is 0 Å². The number of benzene rings is 3. The number of hydrogen-bond donors (Lipinski definition) is 1. The number of methoxy groups -OCH3 is 1. The lowest BCUT2D eigenvalue weighted by atomic mass is 9.94. The molecule has 0 aliphatic heterocycles. The molecule has 0 heterocycles. The summed E-state index contributed by atoms with van der Waals surface area (Å²) in [5.41, 5.74) is 8.51. The van der Waals surface area contributed by atoms with Crippen molar-refractivity contribution in [3.05, 3.63) is 66.0 Å². The van der Waals surface area contributed by atoms with Gasteiger partial charge in [-0.05, 0) is 40.3 Å². The van der Waals surface area contributed by atoms with Gasteiger partial charge in [0.25, 0.3) is 0 Å². The first-order valence-electron chi connectivity index (χ1n) is 6.79. The number of ether oxygens (including phenoxy) is 1. The van der Waals surface area contributed by atoms with Gasteiger partial charge in [0, 0.05) is 11.9 Å². The lowest BCUT2D eigenvalue weighted by Gasteiger charge is -2.13. The number of rotatable bonds is 3. The second kappa shape index (κ2) is 5.54. The van der Waals surface area contributed by atoms with Gasteiger partial charge >= 0.3 is 0 Å². The summed E-state index contributed by atoms with van der Waals surface area (Å²) in [6, 6.07) is 16.5. The van der Waals surface area contributed by atoms with Crippen LogP contribution in [0, 0.1) is 5.82 Å². The molecule has 2 nitrogen and oxygen atoms in total. The topological polar surface area (TPSA) is 35.2 Å². The Hall–Kier alpha value is -2.39. The van der Waals surface area contributed by atoms with E-state index in [1.54, 1.807) is 13.2 Å². The number of halogens is 1. The van der Waals surface area contributed by atoms with E-state index in [4.69, 9.17) is 10.5 Å². The Morgan fingerprint density at radius 3 is 2.43 bits per heavy atom. The third-order valence-electron chi connectivity index (χ3n) is 3.69. The average molecular weight is 281 g/mol. The van der Waals surface area contributed by atoms with Gasteiger partial charge in [-0.3, -0.25) is 0 Å². The third-order valence-corrected chi connectivity index (χ3v) is 3.69. The van der Waals surface area contributed by atoms with Crippen molar-refractivity contribution in [2.24, 2.45) is 5.73 Å². The highest BCUT2D eigenvalue weighted by molar-refractivity contribution is 6.00. The van der Waals surface area contributed by atoms with Gasteiger partial charge in [-0.2, -0.15) is 0 Å². The molecule has 3 aromatic rings. The molecule has 0 amide bonds. The van der Waals surface area contributed by atoms with Crippen molar-refractivity contribution in [1.82, 2.24) is 0 Å². The smallest absolute Gasteiger partial charge is 0.126 e. The Kier molecular flexibility index (Phi) is 3.59. The zero-order valence-electron chi connectivity index (χ0n) is 11.8. The summed E-state index contributed by atoms with van der Waals surface area (Å²) in [4.78, 5) is 0. The van der Waals surface area contributed by atoms with E-state index in [-0.39, 0.29) is 5.82 Å². The molecule has 0 aromatic heterocycles. The first-order chi connectivity index (χ1) is 10.2. The third kappa shape index (κ3) is 2.36. The number of hydrogen-bond acceptors (Lipinski definition) is 2. The zero-order valence-corrected chi connectivity index (χ0v) is 11.8. The van der Waals surface area contributed by atoms with Gasteiger partial charge in [-0.15, -0.1) is 0 Å². The average Bonchev–Trinajstić information content (AvgIpc) is 2.53. The Bertz CT molecular complexity index is 798. The van der Waals surface area contributed by atoms with Gasteiger partial charge < -0.3 is 10.5 Å². The maximum atomic E-state index is 13.6. The zero-order chi connectivity index (χ0) is 14.8. The van der Waals surface area contributed by atoms with Crippen LogP contribution in [-0.2, 0) is 6.54 Å². The highest BCUT2D eigenvalue weighted by Gasteiger charge is 2.11. The molecule has 0 aliphatic rings. The quantitative estimate of drug-likeness (QED) is 0.784. The van der Waals surface area contributed by atoms with Crippen LogP contribution < -0.4 is 10.5 Å². The van der Waals surface area contributed by atoms with Gasteiger partial charge in [0.05, 0.1) is 7.11 Å². The van der Waals surface area contributed by atoms with E-state index in [1.807, 2.05) is 36.4 Å². The molecule has 0 radical (unpaired) electrons. The molecule has 21 heavy (non-hydrogen) atoms. The fourth-order valence-corrected chi connectivity index (χ4v) is 2.66. The van der Waals surface area contributed by atoms with Crippen molar-refractivity contribution < 1.29 is 9.13 Å². The molecule has 0 saturated carbocycles. The minimum Gasteiger partial charge on any atom is -0.496 e. The molecule has 0 spiro atoms. The van der Waals surface area contributed by atoms with Gasteiger partial charge in [-0.25, -0.2) is 4.39 Å². The van der Waals surface area contributed by atoms with Crippen molar-refractivity contribution in [1.29, 1.82) is 0 Å². The van der Waals surface area contributed by atoms with E-state index in [2.05, 4.69) is 0 Å². The SMILES string of the molecule is COc1ccc(-c2cc(F)ccc2CN)c2ccccc12. The predicted molar refractivity (Wildman–Crippen MR) is 83.8 cm³/mol. The van der Waals surface area contributed by atoms with E-state index < -0.39 is 0 Å². The predicted octanol–water partition coefficient (Wildman–Crippen LogP) is 4.11. The molecule has 0 fully saturated rings. The highest BCUT2D eigenvalue weighted by atomic mass is 19.1. The fourth-order valence-electron chi connectivity index (χ4n) is 2.66. The standard InChI is InChI=1S/C18H16FNO/c1-21-18-9-8-15(14-4-2-3-5-16(14)18)17-10-13(19)7-6-12(17)11-20/h2-10H,11,20H2,1H3. The fraction of sp³-hybridized carbons (Fsp3) is 0.111. The molecule has 0 bridgehead atoms. The van der Waals surface area contributed by atoms with Crippen LogP contribution in [0.2, 0.25) is 0 Å². The van der Waals surface area contributed by atoms with Gasteiger partial charge in [0.1, 0.15) is 11.6 Å². The Balaban J connectivity index is 2.34. The molecule has 0 aliphatic carbocycles. The minimum absolute atomic E-state index is 0.262. The van der Waals surface area contributed by atoms with Gasteiger partial charge in [0.2, 0.25) is 0 Å². The van der Waals surface area contributed by atoms with Crippen molar-refractivity contribution in [2.45, 2.75) is 6.54 Å². The molecular formula is C18H16FNO. The van der Waals surface area contributed by atoms with Crippen LogP contribution >= 0.6 is 0 Å². The van der Waals surface area contributed by atoms with Crippen molar-refractivity contribution in [3.8, 4) is 16.9 Å². The molecule has 0 unspecified atom stereocenters. The van der Waals surface area contributed by atoms with Gasteiger partial charge in [-0.1, -0.05) is 36.4 Å². The Morgan fingerprint density at radius 1 is 0.952 bits per heavy atom. The second-order valence-corrected chi connectivity index (χ2v) is 4.87. The number of fused-ring (bicyclic) bond motifs is 1. The molecule has 106 valence electrons. The van der Waals surface area contributed by atoms with Crippen LogP contribution in [0.25, 0.3) is 21.9 Å². The van der Waals surface area contributed by atoms with Crippen LogP contribution in [0.15, 0.2) is 54.6 Å². The van der Waals surface area contributed by atoms with Crippen molar-refractivity contribution >= 4 is 10.8 Å². The lowest BCUT2D eigenvalue weighted by molar-refractivity contribution is 0.420. The summed E-state index contributed by atoms with van der Waals surface area (Å²) in [5.74, 6) is 0.544. The maximum Gasteiger partial charge on any atom is 0.126 e. The second-order valence-electron chi connectivity index (χ2n) is 4.87. The monoisotopic (exact) mass is 281 g/mol. The van der Waals surface area contributed by atoms with Crippen LogP contribution in [0.3, 0.4) is 0 Å². The first kappa shape index (κ1) is 13.6. The largest absolute Gasteiger partial charge is 0.496 e. The first-order valence-corrected chi connectivity index (χ1v) is 6.79. The summed E-state index contributed by atoms with van der Waals surface area (Å²) in [5, 5.41) is 2.03. The Morgan fingerprint density at radius 2 is 1.71 bits per heavy atom. The minimum atomic E-state index is -0.262. The highest BCUT2D eigenvalue weighted by Crippen LogP contribution is 2.36. The molecule has 3 heteroatoms. The Labute approximate surface area is 123 Å². The van der Waals surface area contributed by atoms with Crippen LogP contribution in [0.5, 0.6) is 5.75 Å². The summed E-state index contributed by atoms with van der Waals surface area (Å²) in [7, 11) is 1.65. The molecule has 3 aromatic carbocycles. The van der Waals surface area contributed by atoms with E-state index in [0.717, 1.165) is 33.2 Å². The van der Waals surface area contributed by atoms with E-state index in [1.165, 1.54) is 12.1 Å². The summed E-state index contributed by atoms with van der Waals surface area (Å²) in [6.45, 7) is 0.371. The lowest BCUT2D eigenvalue weighted by Crippen LogP contribution is -2.00. The molecule has 0 saturated heterocycles. The molecule has 0 atom stereocenters. The maximum absolute atomic E-state index is 13.6. The summed E-state index contributed by atoms with van der Waals surface area (Å²) in [6.07, 6.45) is 0. The van der Waals surface area contributed by atoms with E-state index >= 15 is 0 Å². The van der Waals surface area contributed by atoms with Crippen molar-refractivity contribution in [2.75, 3.05) is 7.11 Å². The van der Waals surface area contributed by atoms with Crippen LogP contribution in [0.4, 0.5) is 4.39 Å². The molecular weight excluding hydrogens is 265 g/mol. The van der Waals surface area contributed by atoms with Crippen molar-refractivity contribution in [3.63, 3.8) is 0 Å². The number of nitrogens with two attached hydrogens (primary N) is 1. The summed E-state index contributed by atoms with van der Waals surface area (Å²) < 4.78 is 19.0. The van der Waals surface area contributed by atoms with E-state index in [9.17, 15) is 4.39 Å². The summed E-state index contributed by atoms with van der Waals surface area (Å²) >= 11 is 0. The molecule has 2 N–H and O–H groups in total. The van der Waals surface area contributed by atoms with Crippen LogP contribution in [-0.4, -0.2) is 7.11 Å². The molecule has 3 rings (SSSR count). The normalized spacial score (nSPS) is 10.8.